The molecular weight excluding hydrogens is 432 g/mol. The lowest BCUT2D eigenvalue weighted by Crippen LogP contribution is -2.25. The maximum Gasteiger partial charge on any atom is 0.262 e. The van der Waals surface area contributed by atoms with Crippen molar-refractivity contribution in [1.29, 1.82) is 0 Å². The largest absolute Gasteiger partial charge is 0.419 e. The standard InChI is InChI=1S/C23H23ClN4O2S/c1-13(2)12-28-22(29)18-11-17(24)8-9-19(18)25-23(28)31-15(4)20-26-27-21(30-20)16-7-5-6-14(3)10-16/h5-11,13,15H,12H2,1-4H3. The first-order chi connectivity index (χ1) is 14.8. The van der Waals surface area contributed by atoms with E-state index in [9.17, 15) is 4.79 Å². The van der Waals surface area contributed by atoms with Crippen LogP contribution in [0.25, 0.3) is 22.4 Å². The number of aryl methyl sites for hydroxylation is 1. The number of hydrogen-bond acceptors (Lipinski definition) is 6. The summed E-state index contributed by atoms with van der Waals surface area (Å²) in [5.74, 6) is 1.25. The smallest absolute Gasteiger partial charge is 0.262 e. The summed E-state index contributed by atoms with van der Waals surface area (Å²) in [5, 5.41) is 9.92. The molecule has 0 aliphatic carbocycles. The van der Waals surface area contributed by atoms with E-state index in [0.29, 0.717) is 39.4 Å². The summed E-state index contributed by atoms with van der Waals surface area (Å²) in [6.45, 7) is 8.68. The Kier molecular flexibility index (Phi) is 6.16. The van der Waals surface area contributed by atoms with Crippen LogP contribution >= 0.6 is 23.4 Å². The summed E-state index contributed by atoms with van der Waals surface area (Å²) in [5.41, 5.74) is 2.53. The summed E-state index contributed by atoms with van der Waals surface area (Å²) in [7, 11) is 0. The van der Waals surface area contributed by atoms with Gasteiger partial charge in [0.2, 0.25) is 11.8 Å². The van der Waals surface area contributed by atoms with Gasteiger partial charge in [-0.1, -0.05) is 54.9 Å². The first kappa shape index (κ1) is 21.6. The zero-order valence-corrected chi connectivity index (χ0v) is 19.4. The van der Waals surface area contributed by atoms with E-state index in [4.69, 9.17) is 21.0 Å². The van der Waals surface area contributed by atoms with Crippen LogP contribution in [0.1, 0.15) is 37.5 Å². The Bertz CT molecular complexity index is 1300. The van der Waals surface area contributed by atoms with Crippen molar-refractivity contribution in [2.45, 2.75) is 44.6 Å². The average Bonchev–Trinajstić information content (AvgIpc) is 3.22. The van der Waals surface area contributed by atoms with Crippen molar-refractivity contribution in [2.24, 2.45) is 5.92 Å². The van der Waals surface area contributed by atoms with Crippen molar-refractivity contribution >= 4 is 34.3 Å². The van der Waals surface area contributed by atoms with E-state index in [2.05, 4.69) is 24.0 Å². The maximum atomic E-state index is 13.2. The van der Waals surface area contributed by atoms with Crippen LogP contribution in [0.5, 0.6) is 0 Å². The summed E-state index contributed by atoms with van der Waals surface area (Å²) >= 11 is 7.54. The van der Waals surface area contributed by atoms with Crippen LogP contribution in [-0.4, -0.2) is 19.7 Å². The second-order valence-electron chi connectivity index (χ2n) is 7.94. The molecule has 0 fully saturated rings. The van der Waals surface area contributed by atoms with E-state index in [0.717, 1.165) is 11.1 Å². The van der Waals surface area contributed by atoms with E-state index in [1.54, 1.807) is 22.8 Å². The number of thioether (sulfide) groups is 1. The van der Waals surface area contributed by atoms with Crippen LogP contribution < -0.4 is 5.56 Å². The second kappa shape index (κ2) is 8.85. The number of aromatic nitrogens is 4. The molecule has 0 saturated heterocycles. The van der Waals surface area contributed by atoms with Crippen LogP contribution in [0, 0.1) is 12.8 Å². The van der Waals surface area contributed by atoms with Gasteiger partial charge in [-0.3, -0.25) is 9.36 Å². The Morgan fingerprint density at radius 2 is 1.94 bits per heavy atom. The van der Waals surface area contributed by atoms with Gasteiger partial charge in [-0.25, -0.2) is 4.98 Å². The van der Waals surface area contributed by atoms with Gasteiger partial charge in [-0.05, 0) is 50.1 Å². The molecule has 2 aromatic carbocycles. The molecule has 0 bridgehead atoms. The van der Waals surface area contributed by atoms with E-state index in [1.807, 2.05) is 38.1 Å². The molecule has 1 atom stereocenters. The topological polar surface area (TPSA) is 73.8 Å². The zero-order chi connectivity index (χ0) is 22.1. The quantitative estimate of drug-likeness (QED) is 0.266. The minimum atomic E-state index is -0.180. The fourth-order valence-electron chi connectivity index (χ4n) is 3.29. The molecule has 6 nitrogen and oxygen atoms in total. The minimum absolute atomic E-state index is 0.0955. The van der Waals surface area contributed by atoms with Crippen LogP contribution in [-0.2, 0) is 6.54 Å². The summed E-state index contributed by atoms with van der Waals surface area (Å²) in [6.07, 6.45) is 0. The summed E-state index contributed by atoms with van der Waals surface area (Å²) in [6, 6.07) is 13.1. The van der Waals surface area contributed by atoms with E-state index in [1.165, 1.54) is 11.8 Å². The van der Waals surface area contributed by atoms with Gasteiger partial charge >= 0.3 is 0 Å². The molecule has 31 heavy (non-hydrogen) atoms. The lowest BCUT2D eigenvalue weighted by molar-refractivity contribution is 0.473. The van der Waals surface area contributed by atoms with E-state index < -0.39 is 0 Å². The highest BCUT2D eigenvalue weighted by molar-refractivity contribution is 7.99. The molecule has 2 aromatic heterocycles. The fourth-order valence-corrected chi connectivity index (χ4v) is 4.41. The third-order valence-corrected chi connectivity index (χ3v) is 6.08. The molecule has 0 amide bonds. The lowest BCUT2D eigenvalue weighted by Gasteiger charge is -2.16. The molecule has 0 aliphatic heterocycles. The van der Waals surface area contributed by atoms with E-state index in [-0.39, 0.29) is 16.7 Å². The molecule has 0 saturated carbocycles. The van der Waals surface area contributed by atoms with Crippen LogP contribution in [0.3, 0.4) is 0 Å². The molecule has 4 rings (SSSR count). The number of nitrogens with zero attached hydrogens (tertiary/aromatic N) is 4. The van der Waals surface area contributed by atoms with Crippen LogP contribution in [0.4, 0.5) is 0 Å². The monoisotopic (exact) mass is 454 g/mol. The molecule has 0 aliphatic rings. The number of benzene rings is 2. The van der Waals surface area contributed by atoms with Gasteiger partial charge in [0.15, 0.2) is 5.16 Å². The van der Waals surface area contributed by atoms with Gasteiger partial charge in [-0.15, -0.1) is 10.2 Å². The van der Waals surface area contributed by atoms with Gasteiger partial charge in [0.1, 0.15) is 0 Å². The van der Waals surface area contributed by atoms with Gasteiger partial charge in [0.25, 0.3) is 5.56 Å². The van der Waals surface area contributed by atoms with E-state index >= 15 is 0 Å². The normalized spacial score (nSPS) is 12.6. The van der Waals surface area contributed by atoms with Crippen molar-refractivity contribution in [3.63, 3.8) is 0 Å². The Morgan fingerprint density at radius 3 is 2.68 bits per heavy atom. The highest BCUT2D eigenvalue weighted by Gasteiger charge is 2.21. The molecule has 2 heterocycles. The third kappa shape index (κ3) is 4.67. The molecule has 8 heteroatoms. The minimum Gasteiger partial charge on any atom is -0.419 e. The van der Waals surface area contributed by atoms with Crippen LogP contribution in [0.2, 0.25) is 5.02 Å². The second-order valence-corrected chi connectivity index (χ2v) is 9.68. The van der Waals surface area contributed by atoms with Gasteiger partial charge in [0.05, 0.1) is 16.2 Å². The molecule has 160 valence electrons. The first-order valence-corrected chi connectivity index (χ1v) is 11.3. The van der Waals surface area contributed by atoms with Crippen molar-refractivity contribution in [3.8, 4) is 11.5 Å². The Morgan fingerprint density at radius 1 is 1.13 bits per heavy atom. The first-order valence-electron chi connectivity index (χ1n) is 10.1. The highest BCUT2D eigenvalue weighted by atomic mass is 35.5. The maximum absolute atomic E-state index is 13.2. The Labute approximate surface area is 189 Å². The molecule has 1 unspecified atom stereocenters. The lowest BCUT2D eigenvalue weighted by atomic mass is 10.1. The SMILES string of the molecule is Cc1cccc(-c2nnc(C(C)Sc3nc4ccc(Cl)cc4c(=O)n3CC(C)C)o2)c1. The molecule has 4 aromatic rings. The van der Waals surface area contributed by atoms with Crippen LogP contribution in [0.15, 0.2) is 56.8 Å². The van der Waals surface area contributed by atoms with Crippen molar-refractivity contribution in [2.75, 3.05) is 0 Å². The predicted molar refractivity (Wildman–Crippen MR) is 125 cm³/mol. The Balaban J connectivity index is 1.69. The van der Waals surface area contributed by atoms with Crippen molar-refractivity contribution in [3.05, 3.63) is 69.3 Å². The molecule has 0 N–H and O–H groups in total. The Hall–Kier alpha value is -2.64. The van der Waals surface area contributed by atoms with Gasteiger partial charge in [0, 0.05) is 17.1 Å². The van der Waals surface area contributed by atoms with Gasteiger partial charge in [-0.2, -0.15) is 0 Å². The molecule has 0 spiro atoms. The highest BCUT2D eigenvalue weighted by Crippen LogP contribution is 2.35. The number of fused-ring (bicyclic) bond motifs is 1. The molecule has 0 radical (unpaired) electrons. The number of rotatable bonds is 6. The number of hydrogen-bond donors (Lipinski definition) is 0. The fraction of sp³-hybridized carbons (Fsp3) is 0.304. The average molecular weight is 455 g/mol. The third-order valence-electron chi connectivity index (χ3n) is 4.76. The predicted octanol–water partition coefficient (Wildman–Crippen LogP) is 5.92. The van der Waals surface area contributed by atoms with Gasteiger partial charge < -0.3 is 4.42 Å². The summed E-state index contributed by atoms with van der Waals surface area (Å²) in [4.78, 5) is 17.9. The molecular formula is C23H23ClN4O2S. The number of halogens is 1. The van der Waals surface area contributed by atoms with Crippen molar-refractivity contribution < 1.29 is 4.42 Å². The van der Waals surface area contributed by atoms with Crippen molar-refractivity contribution in [1.82, 2.24) is 19.7 Å². The zero-order valence-electron chi connectivity index (χ0n) is 17.8. The summed E-state index contributed by atoms with van der Waals surface area (Å²) < 4.78 is 7.65.